The van der Waals surface area contributed by atoms with E-state index in [1.54, 1.807) is 6.20 Å². The molecule has 1 atom stereocenters. The van der Waals surface area contributed by atoms with Crippen LogP contribution in [0.25, 0.3) is 10.8 Å². The molecular formula is C14H14N2O2. The van der Waals surface area contributed by atoms with Gasteiger partial charge in [-0.05, 0) is 18.6 Å². The van der Waals surface area contributed by atoms with E-state index in [0.29, 0.717) is 0 Å². The molecule has 0 aliphatic carbocycles. The minimum atomic E-state index is -0.160. The van der Waals surface area contributed by atoms with Crippen molar-refractivity contribution in [1.29, 1.82) is 0 Å². The van der Waals surface area contributed by atoms with Crippen LogP contribution in [0.15, 0.2) is 36.7 Å². The molecule has 4 heteroatoms. The molecule has 0 spiro atoms. The molecule has 1 unspecified atom stereocenters. The largest absolute Gasteiger partial charge is 0.467 e. The van der Waals surface area contributed by atoms with Crippen molar-refractivity contribution in [1.82, 2.24) is 4.98 Å². The molecule has 1 aliphatic heterocycles. The van der Waals surface area contributed by atoms with Crippen molar-refractivity contribution in [3.63, 3.8) is 0 Å². The van der Waals surface area contributed by atoms with Gasteiger partial charge in [0.25, 0.3) is 0 Å². The highest BCUT2D eigenvalue weighted by Crippen LogP contribution is 2.33. The van der Waals surface area contributed by atoms with Gasteiger partial charge in [0, 0.05) is 35.4 Å². The first-order valence-electron chi connectivity index (χ1n) is 5.98. The van der Waals surface area contributed by atoms with Crippen LogP contribution in [0.2, 0.25) is 0 Å². The first-order valence-corrected chi connectivity index (χ1v) is 5.98. The Balaban J connectivity index is 2.02. The zero-order valence-electron chi connectivity index (χ0n) is 10.2. The summed E-state index contributed by atoms with van der Waals surface area (Å²) in [7, 11) is 1.44. The number of hydrogen-bond acceptors (Lipinski definition) is 4. The quantitative estimate of drug-likeness (QED) is 0.755. The Morgan fingerprint density at radius 3 is 3.06 bits per heavy atom. The van der Waals surface area contributed by atoms with Gasteiger partial charge >= 0.3 is 5.97 Å². The lowest BCUT2D eigenvalue weighted by atomic mass is 9.99. The molecule has 0 bridgehead atoms. The van der Waals surface area contributed by atoms with Crippen molar-refractivity contribution >= 4 is 22.4 Å². The number of hydrogen-bond donors (Lipinski definition) is 0. The molecule has 4 nitrogen and oxygen atoms in total. The average Bonchev–Trinajstić information content (AvgIpc) is 2.38. The maximum absolute atomic E-state index is 11.6. The molecule has 0 N–H and O–H groups in total. The van der Waals surface area contributed by atoms with Gasteiger partial charge in [-0.2, -0.15) is 0 Å². The molecule has 0 radical (unpaired) electrons. The van der Waals surface area contributed by atoms with Gasteiger partial charge in [-0.1, -0.05) is 12.1 Å². The van der Waals surface area contributed by atoms with E-state index in [0.717, 1.165) is 29.4 Å². The Labute approximate surface area is 105 Å². The minimum Gasteiger partial charge on any atom is -0.467 e. The zero-order valence-corrected chi connectivity index (χ0v) is 10.2. The summed E-state index contributed by atoms with van der Waals surface area (Å²) in [5.41, 5.74) is 1.08. The predicted molar refractivity (Wildman–Crippen MR) is 69.5 cm³/mol. The van der Waals surface area contributed by atoms with Crippen molar-refractivity contribution in [2.24, 2.45) is 0 Å². The van der Waals surface area contributed by atoms with Gasteiger partial charge < -0.3 is 9.64 Å². The smallest absolute Gasteiger partial charge is 0.328 e. The van der Waals surface area contributed by atoms with Crippen molar-refractivity contribution < 1.29 is 9.53 Å². The lowest BCUT2D eigenvalue weighted by molar-refractivity contribution is -0.143. The van der Waals surface area contributed by atoms with Crippen LogP contribution in [0.4, 0.5) is 5.69 Å². The van der Waals surface area contributed by atoms with E-state index in [1.807, 2.05) is 30.5 Å². The maximum Gasteiger partial charge on any atom is 0.328 e. The fourth-order valence-electron chi connectivity index (χ4n) is 2.41. The van der Waals surface area contributed by atoms with E-state index in [9.17, 15) is 4.79 Å². The van der Waals surface area contributed by atoms with Gasteiger partial charge in [0.15, 0.2) is 0 Å². The topological polar surface area (TPSA) is 42.4 Å². The number of carbonyl (C=O) groups is 1. The van der Waals surface area contributed by atoms with Gasteiger partial charge in [0.1, 0.15) is 6.04 Å². The summed E-state index contributed by atoms with van der Waals surface area (Å²) >= 11 is 0. The van der Waals surface area contributed by atoms with Crippen LogP contribution in [-0.2, 0) is 9.53 Å². The number of fused-ring (bicyclic) bond motifs is 1. The average molecular weight is 242 g/mol. The summed E-state index contributed by atoms with van der Waals surface area (Å²) in [6.45, 7) is 0.890. The third kappa shape index (κ3) is 1.61. The predicted octanol–water partition coefficient (Wildman–Crippen LogP) is 1.99. The lowest BCUT2D eigenvalue weighted by Crippen LogP contribution is -2.53. The second kappa shape index (κ2) is 4.29. The van der Waals surface area contributed by atoms with Crippen LogP contribution in [0.3, 0.4) is 0 Å². The van der Waals surface area contributed by atoms with Gasteiger partial charge in [-0.25, -0.2) is 4.79 Å². The normalized spacial score (nSPS) is 18.5. The fraction of sp³-hybridized carbons (Fsp3) is 0.286. The summed E-state index contributed by atoms with van der Waals surface area (Å²) in [5, 5.41) is 2.21. The highest BCUT2D eigenvalue weighted by molar-refractivity contribution is 5.96. The van der Waals surface area contributed by atoms with Crippen LogP contribution in [0.1, 0.15) is 6.42 Å². The molecule has 18 heavy (non-hydrogen) atoms. The van der Waals surface area contributed by atoms with E-state index in [4.69, 9.17) is 4.74 Å². The van der Waals surface area contributed by atoms with Crippen LogP contribution >= 0.6 is 0 Å². The second-order valence-electron chi connectivity index (χ2n) is 4.39. The maximum atomic E-state index is 11.6. The van der Waals surface area contributed by atoms with Crippen molar-refractivity contribution in [2.75, 3.05) is 18.6 Å². The summed E-state index contributed by atoms with van der Waals surface area (Å²) in [4.78, 5) is 17.8. The summed E-state index contributed by atoms with van der Waals surface area (Å²) < 4.78 is 4.82. The van der Waals surface area contributed by atoms with E-state index < -0.39 is 0 Å². The fourth-order valence-corrected chi connectivity index (χ4v) is 2.41. The lowest BCUT2D eigenvalue weighted by Gasteiger charge is -2.41. The van der Waals surface area contributed by atoms with E-state index >= 15 is 0 Å². The zero-order chi connectivity index (χ0) is 12.5. The highest BCUT2D eigenvalue weighted by Gasteiger charge is 2.35. The molecule has 1 fully saturated rings. The molecular weight excluding hydrogens is 228 g/mol. The van der Waals surface area contributed by atoms with Crippen LogP contribution < -0.4 is 4.90 Å². The Bertz CT molecular complexity index is 592. The minimum absolute atomic E-state index is 0.145. The Morgan fingerprint density at radius 2 is 2.33 bits per heavy atom. The summed E-state index contributed by atoms with van der Waals surface area (Å²) in [6, 6.07) is 7.90. The molecule has 92 valence electrons. The van der Waals surface area contributed by atoms with Gasteiger partial charge in [-0.3, -0.25) is 4.98 Å². The molecule has 1 aromatic carbocycles. The second-order valence-corrected chi connectivity index (χ2v) is 4.39. The molecule has 1 aromatic heterocycles. The number of aromatic nitrogens is 1. The number of ether oxygens (including phenoxy) is 1. The number of benzene rings is 1. The summed E-state index contributed by atoms with van der Waals surface area (Å²) in [5.74, 6) is -0.160. The standard InChI is InChI=1S/C14H14N2O2/c1-18-14(17)13-6-8-16(13)12-4-2-3-10-9-15-7-5-11(10)12/h2-5,7,9,13H,6,8H2,1H3. The molecule has 2 aromatic rings. The third-order valence-corrected chi connectivity index (χ3v) is 3.46. The van der Waals surface area contributed by atoms with Crippen LogP contribution in [0.5, 0.6) is 0 Å². The molecule has 1 saturated heterocycles. The van der Waals surface area contributed by atoms with Gasteiger partial charge in [-0.15, -0.1) is 0 Å². The Hall–Kier alpha value is -2.10. The first-order chi connectivity index (χ1) is 8.81. The van der Waals surface area contributed by atoms with Crippen LogP contribution in [0, 0.1) is 0 Å². The van der Waals surface area contributed by atoms with Crippen molar-refractivity contribution in [3.05, 3.63) is 36.7 Å². The molecule has 3 rings (SSSR count). The third-order valence-electron chi connectivity index (χ3n) is 3.46. The van der Waals surface area contributed by atoms with Crippen molar-refractivity contribution in [3.8, 4) is 0 Å². The Kier molecular flexibility index (Phi) is 2.63. The molecule has 0 amide bonds. The Morgan fingerprint density at radius 1 is 1.44 bits per heavy atom. The van der Waals surface area contributed by atoms with E-state index in [-0.39, 0.29) is 12.0 Å². The SMILES string of the molecule is COC(=O)C1CCN1c1cccc2cnccc12. The van der Waals surface area contributed by atoms with Crippen LogP contribution in [-0.4, -0.2) is 30.6 Å². The number of methoxy groups -OCH3 is 1. The molecule has 2 heterocycles. The first kappa shape index (κ1) is 11.0. The monoisotopic (exact) mass is 242 g/mol. The number of anilines is 1. The number of nitrogens with zero attached hydrogens (tertiary/aromatic N) is 2. The number of carbonyl (C=O) groups excluding carboxylic acids is 1. The molecule has 0 saturated carbocycles. The van der Waals surface area contributed by atoms with Crippen molar-refractivity contribution in [2.45, 2.75) is 12.5 Å². The number of esters is 1. The highest BCUT2D eigenvalue weighted by atomic mass is 16.5. The van der Waals surface area contributed by atoms with E-state index in [2.05, 4.69) is 9.88 Å². The van der Waals surface area contributed by atoms with Gasteiger partial charge in [0.05, 0.1) is 7.11 Å². The summed E-state index contributed by atoms with van der Waals surface area (Å²) in [6.07, 6.45) is 4.47. The molecule has 1 aliphatic rings. The number of rotatable bonds is 2. The number of pyridine rings is 1. The van der Waals surface area contributed by atoms with Gasteiger partial charge in [0.2, 0.25) is 0 Å². The van der Waals surface area contributed by atoms with E-state index in [1.165, 1.54) is 7.11 Å².